The summed E-state index contributed by atoms with van der Waals surface area (Å²) in [6.45, 7) is 0.00142. The van der Waals surface area contributed by atoms with Crippen LogP contribution in [0.15, 0.2) is 0 Å². The molecule has 9 atom stereocenters. The van der Waals surface area contributed by atoms with Crippen molar-refractivity contribution < 1.29 is 54.8 Å². The van der Waals surface area contributed by atoms with Crippen LogP contribution in [0.25, 0.3) is 0 Å². The quantitative estimate of drug-likeness (QED) is 0.0844. The van der Waals surface area contributed by atoms with E-state index in [4.69, 9.17) is 14.2 Å². The third-order valence-corrected chi connectivity index (χ3v) is 8.75. The van der Waals surface area contributed by atoms with Gasteiger partial charge in [-0.3, -0.25) is 4.79 Å². The van der Waals surface area contributed by atoms with Crippen LogP contribution in [0, 0.1) is 5.92 Å². The molecule has 11 nitrogen and oxygen atoms in total. The molecule has 2 aliphatic heterocycles. The predicted octanol–water partition coefficient (Wildman–Crippen LogP) is 2.08. The number of carbonyl (C=O) groups excluding carboxylic acids is 1. The molecule has 0 saturated carbocycles. The fourth-order valence-electron chi connectivity index (χ4n) is 6.00. The van der Waals surface area contributed by atoms with E-state index in [0.29, 0.717) is 6.42 Å². The zero-order valence-electron chi connectivity index (χ0n) is 25.5. The Morgan fingerprint density at radius 1 is 0.690 bits per heavy atom. The molecule has 2 heterocycles. The molecular weight excluding hydrogens is 548 g/mol. The lowest BCUT2D eigenvalue weighted by molar-refractivity contribution is -0.377. The van der Waals surface area contributed by atoms with Gasteiger partial charge in [0, 0.05) is 18.8 Å². The van der Waals surface area contributed by atoms with E-state index in [1.807, 2.05) is 0 Å². The van der Waals surface area contributed by atoms with E-state index in [0.717, 1.165) is 19.3 Å². The molecule has 0 aromatic heterocycles. The summed E-state index contributed by atoms with van der Waals surface area (Å²) in [5.74, 6) is -3.45. The summed E-state index contributed by atoms with van der Waals surface area (Å²) in [5.41, 5.74) is 0. The SMILES string of the molecule is CCCCCCCCCCCCCCCCCC(=O)CC1[C@@H](O[C@]2(CO)O[C@H](CO)C(O)[C@H]2O)OC(CO)[C@@H](O)[C@H]1O. The first-order valence-corrected chi connectivity index (χ1v) is 16.3. The predicted molar refractivity (Wildman–Crippen MR) is 155 cm³/mol. The van der Waals surface area contributed by atoms with Crippen LogP contribution in [-0.2, 0) is 19.0 Å². The molecule has 0 aromatic carbocycles. The topological polar surface area (TPSA) is 186 Å². The number of aliphatic hydroxyl groups is 7. The Labute approximate surface area is 251 Å². The average Bonchev–Trinajstić information content (AvgIpc) is 3.23. The van der Waals surface area contributed by atoms with Gasteiger partial charge in [-0.15, -0.1) is 0 Å². The molecule has 0 aromatic rings. The second-order valence-electron chi connectivity index (χ2n) is 12.2. The monoisotopic (exact) mass is 606 g/mol. The molecule has 2 fully saturated rings. The van der Waals surface area contributed by atoms with E-state index in [1.54, 1.807) is 0 Å². The average molecular weight is 607 g/mol. The molecule has 7 N–H and O–H groups in total. The van der Waals surface area contributed by atoms with Gasteiger partial charge in [-0.2, -0.15) is 0 Å². The number of unbranched alkanes of at least 4 members (excludes halogenated alkanes) is 14. The van der Waals surface area contributed by atoms with Crippen molar-refractivity contribution in [2.45, 2.75) is 165 Å². The fourth-order valence-corrected chi connectivity index (χ4v) is 6.00. The maximum absolute atomic E-state index is 12.8. The van der Waals surface area contributed by atoms with Gasteiger partial charge in [-0.05, 0) is 6.42 Å². The summed E-state index contributed by atoms with van der Waals surface area (Å²) in [6, 6.07) is 0. The highest BCUT2D eigenvalue weighted by Gasteiger charge is 2.58. The molecule has 2 saturated heterocycles. The number of carbonyl (C=O) groups is 1. The van der Waals surface area contributed by atoms with Crippen molar-refractivity contribution in [2.24, 2.45) is 5.92 Å². The van der Waals surface area contributed by atoms with Gasteiger partial charge in [0.05, 0.1) is 19.3 Å². The minimum atomic E-state index is -2.20. The van der Waals surface area contributed by atoms with Gasteiger partial charge in [-0.25, -0.2) is 0 Å². The number of rotatable bonds is 23. The second-order valence-corrected chi connectivity index (χ2v) is 12.2. The molecular formula is C31H58O11. The molecule has 0 aliphatic carbocycles. The Balaban J connectivity index is 1.73. The smallest absolute Gasteiger partial charge is 0.223 e. The Bertz CT molecular complexity index is 725. The van der Waals surface area contributed by atoms with E-state index in [9.17, 15) is 40.5 Å². The second kappa shape index (κ2) is 20.3. The van der Waals surface area contributed by atoms with Crippen molar-refractivity contribution in [2.75, 3.05) is 19.8 Å². The van der Waals surface area contributed by atoms with Gasteiger partial charge in [-0.1, -0.05) is 96.8 Å². The number of ketones is 1. The highest BCUT2D eigenvalue weighted by molar-refractivity contribution is 5.78. The van der Waals surface area contributed by atoms with Crippen molar-refractivity contribution in [3.8, 4) is 0 Å². The summed E-state index contributed by atoms with van der Waals surface area (Å²) < 4.78 is 16.8. The fraction of sp³-hybridized carbons (Fsp3) is 0.968. The summed E-state index contributed by atoms with van der Waals surface area (Å²) in [6.07, 6.45) is 8.04. The van der Waals surface area contributed by atoms with E-state index in [2.05, 4.69) is 6.92 Å². The normalized spacial score (nSPS) is 33.3. The van der Waals surface area contributed by atoms with Crippen molar-refractivity contribution in [1.82, 2.24) is 0 Å². The van der Waals surface area contributed by atoms with Crippen LogP contribution in [0.2, 0.25) is 0 Å². The highest BCUT2D eigenvalue weighted by atomic mass is 16.8. The van der Waals surface area contributed by atoms with E-state index in [-0.39, 0.29) is 18.6 Å². The Morgan fingerprint density at radius 2 is 1.19 bits per heavy atom. The van der Waals surface area contributed by atoms with Crippen LogP contribution in [0.1, 0.15) is 116 Å². The number of aliphatic hydroxyl groups excluding tert-OH is 7. The van der Waals surface area contributed by atoms with Crippen LogP contribution in [0.4, 0.5) is 0 Å². The highest BCUT2D eigenvalue weighted by Crippen LogP contribution is 2.38. The number of hydrogen-bond acceptors (Lipinski definition) is 11. The van der Waals surface area contributed by atoms with Crippen LogP contribution in [0.5, 0.6) is 0 Å². The third kappa shape index (κ3) is 11.3. The van der Waals surface area contributed by atoms with Crippen LogP contribution >= 0.6 is 0 Å². The van der Waals surface area contributed by atoms with Crippen molar-refractivity contribution in [1.29, 1.82) is 0 Å². The summed E-state index contributed by atoms with van der Waals surface area (Å²) >= 11 is 0. The Kier molecular flexibility index (Phi) is 18.1. The van der Waals surface area contributed by atoms with Crippen molar-refractivity contribution in [3.05, 3.63) is 0 Å². The lowest BCUT2D eigenvalue weighted by atomic mass is 9.86. The minimum absolute atomic E-state index is 0.167. The summed E-state index contributed by atoms with van der Waals surface area (Å²) in [7, 11) is 0. The zero-order chi connectivity index (χ0) is 31.0. The van der Waals surface area contributed by atoms with E-state index < -0.39 is 74.4 Å². The maximum atomic E-state index is 12.8. The Hall–Kier alpha value is -0.730. The largest absolute Gasteiger partial charge is 0.394 e. The molecule has 248 valence electrons. The third-order valence-electron chi connectivity index (χ3n) is 8.75. The molecule has 0 amide bonds. The van der Waals surface area contributed by atoms with Gasteiger partial charge in [0.1, 0.15) is 42.9 Å². The maximum Gasteiger partial charge on any atom is 0.223 e. The van der Waals surface area contributed by atoms with Crippen LogP contribution < -0.4 is 0 Å². The van der Waals surface area contributed by atoms with Gasteiger partial charge < -0.3 is 50.0 Å². The van der Waals surface area contributed by atoms with E-state index in [1.165, 1.54) is 70.6 Å². The van der Waals surface area contributed by atoms with Gasteiger partial charge >= 0.3 is 0 Å². The minimum Gasteiger partial charge on any atom is -0.394 e. The first-order valence-electron chi connectivity index (χ1n) is 16.3. The van der Waals surface area contributed by atoms with Gasteiger partial charge in [0.2, 0.25) is 5.79 Å². The number of Topliss-reactive ketones (excluding diaryl/α,β-unsaturated/α-hetero) is 1. The summed E-state index contributed by atoms with van der Waals surface area (Å²) in [5, 5.41) is 70.9. The van der Waals surface area contributed by atoms with Crippen molar-refractivity contribution >= 4 is 5.78 Å². The zero-order valence-corrected chi connectivity index (χ0v) is 25.5. The van der Waals surface area contributed by atoms with Crippen LogP contribution in [-0.4, -0.2) is 110 Å². The molecule has 11 heteroatoms. The lowest BCUT2D eigenvalue weighted by Crippen LogP contribution is -2.60. The van der Waals surface area contributed by atoms with Gasteiger partial charge in [0.25, 0.3) is 0 Å². The molecule has 3 unspecified atom stereocenters. The Morgan fingerprint density at radius 3 is 1.64 bits per heavy atom. The van der Waals surface area contributed by atoms with E-state index >= 15 is 0 Å². The van der Waals surface area contributed by atoms with Crippen molar-refractivity contribution in [3.63, 3.8) is 0 Å². The molecule has 0 radical (unpaired) electrons. The molecule has 2 rings (SSSR count). The van der Waals surface area contributed by atoms with Gasteiger partial charge in [0.15, 0.2) is 6.29 Å². The summed E-state index contributed by atoms with van der Waals surface area (Å²) in [4.78, 5) is 12.8. The molecule has 0 bridgehead atoms. The molecule has 2 aliphatic rings. The first kappa shape index (κ1) is 37.5. The standard InChI is InChI=1S/C31H58O11/c1-2-3-4-5-6-7-8-9-10-11-12-13-14-15-16-17-22(35)18-23-26(36)27(37)24(19-32)40-30(23)42-31(21-34)29(39)28(38)25(20-33)41-31/h23-30,32-34,36-39H,2-21H2,1H3/t23?,24?,25-,26+,27-,28?,29-,30-,31+/m1/s1. The van der Waals surface area contributed by atoms with Crippen LogP contribution in [0.3, 0.4) is 0 Å². The number of ether oxygens (including phenoxy) is 3. The first-order chi connectivity index (χ1) is 20.2. The molecule has 0 spiro atoms. The lowest BCUT2D eigenvalue weighted by Gasteiger charge is -2.45. The number of hydrogen-bond donors (Lipinski definition) is 7. The molecule has 42 heavy (non-hydrogen) atoms.